The van der Waals surface area contributed by atoms with Crippen molar-refractivity contribution >= 4 is 11.0 Å². The number of aromatic nitrogens is 5. The maximum absolute atomic E-state index is 12.5. The van der Waals surface area contributed by atoms with Crippen LogP contribution >= 0.6 is 0 Å². The maximum Gasteiger partial charge on any atom is 0.332 e. The zero-order valence-electron chi connectivity index (χ0n) is 12.5. The van der Waals surface area contributed by atoms with Gasteiger partial charge in [0.15, 0.2) is 11.4 Å². The lowest BCUT2D eigenvalue weighted by atomic mass is 10.1. The molecule has 0 fully saturated rings. The molecule has 0 N–H and O–H groups in total. The Morgan fingerprint density at radius 1 is 1.32 bits per heavy atom. The van der Waals surface area contributed by atoms with Crippen molar-refractivity contribution < 1.29 is 4.52 Å². The molecular weight excluding hydrogens is 286 g/mol. The monoisotopic (exact) mass is 301 g/mol. The van der Waals surface area contributed by atoms with Crippen LogP contribution in [0.2, 0.25) is 0 Å². The summed E-state index contributed by atoms with van der Waals surface area (Å²) in [6, 6.07) is 1.75. The molecule has 0 saturated carbocycles. The van der Waals surface area contributed by atoms with Crippen molar-refractivity contribution in [3.8, 4) is 0 Å². The Kier molecular flexibility index (Phi) is 3.36. The largest absolute Gasteiger partial charge is 0.359 e. The van der Waals surface area contributed by atoms with Crippen LogP contribution in [0.15, 0.2) is 32.7 Å². The van der Waals surface area contributed by atoms with E-state index in [1.165, 1.54) is 17.1 Å². The summed E-state index contributed by atoms with van der Waals surface area (Å²) >= 11 is 0. The lowest BCUT2D eigenvalue weighted by Crippen LogP contribution is -2.39. The van der Waals surface area contributed by atoms with Gasteiger partial charge in [0.05, 0.1) is 12.2 Å². The maximum atomic E-state index is 12.5. The van der Waals surface area contributed by atoms with Crippen molar-refractivity contribution in [1.29, 1.82) is 0 Å². The minimum atomic E-state index is -0.460. The number of hydrogen-bond donors (Lipinski definition) is 0. The summed E-state index contributed by atoms with van der Waals surface area (Å²) in [6.07, 6.45) is 2.71. The van der Waals surface area contributed by atoms with E-state index in [9.17, 15) is 9.59 Å². The van der Waals surface area contributed by atoms with Gasteiger partial charge in [-0.05, 0) is 5.92 Å². The van der Waals surface area contributed by atoms with Crippen LogP contribution < -0.4 is 11.2 Å². The van der Waals surface area contributed by atoms with Gasteiger partial charge in [-0.3, -0.25) is 13.9 Å². The number of fused-ring (bicyclic) bond motifs is 1. The van der Waals surface area contributed by atoms with Gasteiger partial charge in [0.2, 0.25) is 0 Å². The Hall–Kier alpha value is -2.77. The van der Waals surface area contributed by atoms with Gasteiger partial charge < -0.3 is 4.52 Å². The van der Waals surface area contributed by atoms with Crippen LogP contribution in [0.3, 0.4) is 0 Å². The standard InChI is InChI=1S/C14H15N5O3/c1-8(2)11-4-9(22-17-11)6-19-13(20)10-5-15-7-16-12(10)18(3)14(19)21/h4-5,7-8H,6H2,1-3H3. The van der Waals surface area contributed by atoms with E-state index in [-0.39, 0.29) is 17.8 Å². The summed E-state index contributed by atoms with van der Waals surface area (Å²) in [4.78, 5) is 32.6. The van der Waals surface area contributed by atoms with E-state index in [4.69, 9.17) is 4.52 Å². The first-order chi connectivity index (χ1) is 10.5. The van der Waals surface area contributed by atoms with Crippen molar-refractivity contribution in [1.82, 2.24) is 24.3 Å². The summed E-state index contributed by atoms with van der Waals surface area (Å²) in [7, 11) is 1.56. The summed E-state index contributed by atoms with van der Waals surface area (Å²) in [5, 5.41) is 4.22. The SMILES string of the molecule is CC(C)c1cc(Cn2c(=O)c3cncnc3n(C)c2=O)on1. The Morgan fingerprint density at radius 3 is 2.77 bits per heavy atom. The lowest BCUT2D eigenvalue weighted by Gasteiger charge is -2.07. The average Bonchev–Trinajstić information content (AvgIpc) is 2.98. The van der Waals surface area contributed by atoms with Crippen molar-refractivity contribution in [3.05, 3.63) is 50.9 Å². The van der Waals surface area contributed by atoms with Gasteiger partial charge in [0.25, 0.3) is 5.56 Å². The fraction of sp³-hybridized carbons (Fsp3) is 0.357. The van der Waals surface area contributed by atoms with Gasteiger partial charge in [0.1, 0.15) is 11.7 Å². The second-order valence-electron chi connectivity index (χ2n) is 5.37. The van der Waals surface area contributed by atoms with E-state index in [0.717, 1.165) is 10.3 Å². The Bertz CT molecular complexity index is 951. The van der Waals surface area contributed by atoms with E-state index in [1.807, 2.05) is 13.8 Å². The first-order valence-corrected chi connectivity index (χ1v) is 6.84. The Morgan fingerprint density at radius 2 is 2.09 bits per heavy atom. The Balaban J connectivity index is 2.14. The molecular formula is C14H15N5O3. The molecule has 8 nitrogen and oxygen atoms in total. The molecule has 3 aromatic heterocycles. The third kappa shape index (κ3) is 2.22. The fourth-order valence-electron chi connectivity index (χ4n) is 2.22. The molecule has 0 atom stereocenters. The molecule has 0 bridgehead atoms. The topological polar surface area (TPSA) is 95.8 Å². The van der Waals surface area contributed by atoms with Crippen LogP contribution in [0.4, 0.5) is 0 Å². The van der Waals surface area contributed by atoms with Crippen molar-refractivity contribution in [3.63, 3.8) is 0 Å². The number of nitrogens with zero attached hydrogens (tertiary/aromatic N) is 5. The highest BCUT2D eigenvalue weighted by molar-refractivity contribution is 5.72. The third-order valence-corrected chi connectivity index (χ3v) is 3.48. The van der Waals surface area contributed by atoms with Crippen LogP contribution in [0.1, 0.15) is 31.2 Å². The normalized spacial score (nSPS) is 11.5. The minimum absolute atomic E-state index is 0.0239. The van der Waals surface area contributed by atoms with Crippen LogP contribution in [0, 0.1) is 0 Å². The van der Waals surface area contributed by atoms with Crippen LogP contribution in [-0.2, 0) is 13.6 Å². The highest BCUT2D eigenvalue weighted by Gasteiger charge is 2.15. The van der Waals surface area contributed by atoms with E-state index in [1.54, 1.807) is 13.1 Å². The van der Waals surface area contributed by atoms with Crippen LogP contribution in [0.5, 0.6) is 0 Å². The van der Waals surface area contributed by atoms with Crippen molar-refractivity contribution in [2.24, 2.45) is 7.05 Å². The van der Waals surface area contributed by atoms with Gasteiger partial charge in [-0.25, -0.2) is 14.8 Å². The van der Waals surface area contributed by atoms with Crippen molar-refractivity contribution in [2.45, 2.75) is 26.3 Å². The highest BCUT2D eigenvalue weighted by atomic mass is 16.5. The van der Waals surface area contributed by atoms with Crippen LogP contribution in [0.25, 0.3) is 11.0 Å². The number of rotatable bonds is 3. The highest BCUT2D eigenvalue weighted by Crippen LogP contribution is 2.14. The van der Waals surface area contributed by atoms with Gasteiger partial charge >= 0.3 is 5.69 Å². The molecule has 0 radical (unpaired) electrons. The Labute approximate surface area is 125 Å². The first kappa shape index (κ1) is 14.2. The predicted molar refractivity (Wildman–Crippen MR) is 78.7 cm³/mol. The van der Waals surface area contributed by atoms with Crippen LogP contribution in [-0.4, -0.2) is 24.3 Å². The molecule has 0 aliphatic carbocycles. The molecule has 0 aliphatic heterocycles. The predicted octanol–water partition coefficient (Wildman–Crippen LogP) is 0.650. The van der Waals surface area contributed by atoms with E-state index < -0.39 is 11.2 Å². The third-order valence-electron chi connectivity index (χ3n) is 3.48. The summed E-state index contributed by atoms with van der Waals surface area (Å²) in [6.45, 7) is 4.00. The van der Waals surface area contributed by atoms with Crippen molar-refractivity contribution in [2.75, 3.05) is 0 Å². The second kappa shape index (κ2) is 5.21. The quantitative estimate of drug-likeness (QED) is 0.704. The smallest absolute Gasteiger partial charge is 0.332 e. The minimum Gasteiger partial charge on any atom is -0.359 e. The summed E-state index contributed by atoms with van der Waals surface area (Å²) in [5.41, 5.74) is 0.186. The average molecular weight is 301 g/mol. The van der Waals surface area contributed by atoms with Gasteiger partial charge in [0, 0.05) is 19.3 Å². The molecule has 0 amide bonds. The molecule has 3 aromatic rings. The molecule has 3 rings (SSSR count). The molecule has 0 aliphatic rings. The molecule has 0 saturated heterocycles. The first-order valence-electron chi connectivity index (χ1n) is 6.84. The molecule has 22 heavy (non-hydrogen) atoms. The molecule has 0 aromatic carbocycles. The van der Waals surface area contributed by atoms with E-state index in [2.05, 4.69) is 15.1 Å². The molecule has 0 spiro atoms. The summed E-state index contributed by atoms with van der Waals surface area (Å²) < 4.78 is 7.61. The lowest BCUT2D eigenvalue weighted by molar-refractivity contribution is 0.365. The van der Waals surface area contributed by atoms with Gasteiger partial charge in [-0.15, -0.1) is 0 Å². The van der Waals surface area contributed by atoms with Gasteiger partial charge in [-0.1, -0.05) is 19.0 Å². The second-order valence-corrected chi connectivity index (χ2v) is 5.37. The molecule has 0 unspecified atom stereocenters. The summed E-state index contributed by atoms with van der Waals surface area (Å²) in [5.74, 6) is 0.668. The molecule has 3 heterocycles. The number of aryl methyl sites for hydroxylation is 1. The van der Waals surface area contributed by atoms with Gasteiger partial charge in [-0.2, -0.15) is 0 Å². The van der Waals surface area contributed by atoms with E-state index >= 15 is 0 Å². The molecule has 114 valence electrons. The zero-order chi connectivity index (χ0) is 15.9. The van der Waals surface area contributed by atoms with E-state index in [0.29, 0.717) is 11.4 Å². The molecule has 8 heteroatoms. The zero-order valence-corrected chi connectivity index (χ0v) is 12.5. The number of hydrogen-bond acceptors (Lipinski definition) is 6. The fourth-order valence-corrected chi connectivity index (χ4v) is 2.22.